The molecule has 1 aliphatic heterocycles. The Hall–Kier alpha value is -2.10. The van der Waals surface area contributed by atoms with Crippen molar-refractivity contribution in [3.05, 3.63) is 54.0 Å². The van der Waals surface area contributed by atoms with E-state index in [9.17, 15) is 4.39 Å². The van der Waals surface area contributed by atoms with E-state index in [2.05, 4.69) is 15.2 Å². The predicted octanol–water partition coefficient (Wildman–Crippen LogP) is 3.61. The first-order valence-electron chi connectivity index (χ1n) is 7.41. The van der Waals surface area contributed by atoms with E-state index in [0.717, 1.165) is 37.4 Å². The number of nitrogens with zero attached hydrogens (tertiary/aromatic N) is 2. The van der Waals surface area contributed by atoms with Crippen molar-refractivity contribution >= 4 is 11.5 Å². The Morgan fingerprint density at radius 1 is 1.19 bits per heavy atom. The predicted molar refractivity (Wildman–Crippen MR) is 84.2 cm³/mol. The molecule has 1 N–H and O–H groups in total. The van der Waals surface area contributed by atoms with Crippen molar-refractivity contribution in [2.24, 2.45) is 0 Å². The Labute approximate surface area is 124 Å². The molecule has 0 atom stereocenters. The zero-order valence-electron chi connectivity index (χ0n) is 12.2. The zero-order valence-corrected chi connectivity index (χ0v) is 12.2. The summed E-state index contributed by atoms with van der Waals surface area (Å²) in [6.45, 7) is 3.73. The van der Waals surface area contributed by atoms with Gasteiger partial charge >= 0.3 is 0 Å². The fraction of sp³-hybridized carbons (Fsp3) is 0.353. The second-order valence-corrected chi connectivity index (χ2v) is 5.56. The molecule has 21 heavy (non-hydrogen) atoms. The van der Waals surface area contributed by atoms with E-state index in [1.165, 1.54) is 0 Å². The number of pyridine rings is 1. The molecule has 1 aliphatic rings. The van der Waals surface area contributed by atoms with Crippen LogP contribution in [0.4, 0.5) is 15.9 Å². The number of aromatic nitrogens is 1. The third-order valence-electron chi connectivity index (χ3n) is 4.01. The number of piperidine rings is 1. The van der Waals surface area contributed by atoms with Crippen LogP contribution in [0.1, 0.15) is 18.4 Å². The molecular formula is C17H20FN3. The average molecular weight is 285 g/mol. The molecule has 0 spiro atoms. The van der Waals surface area contributed by atoms with E-state index < -0.39 is 0 Å². The van der Waals surface area contributed by atoms with E-state index in [0.29, 0.717) is 11.6 Å². The lowest BCUT2D eigenvalue weighted by Crippen LogP contribution is -2.39. The van der Waals surface area contributed by atoms with E-state index in [-0.39, 0.29) is 5.82 Å². The lowest BCUT2D eigenvalue weighted by Gasteiger charge is -2.33. The lowest BCUT2D eigenvalue weighted by molar-refractivity contribution is 0.523. The van der Waals surface area contributed by atoms with Crippen LogP contribution in [0.15, 0.2) is 42.6 Å². The third kappa shape index (κ3) is 3.32. The molecule has 1 aromatic heterocycles. The van der Waals surface area contributed by atoms with Gasteiger partial charge in [-0.1, -0.05) is 12.1 Å². The van der Waals surface area contributed by atoms with Crippen LogP contribution in [0, 0.1) is 12.7 Å². The maximum Gasteiger partial charge on any atom is 0.128 e. The molecule has 0 unspecified atom stereocenters. The Balaban J connectivity index is 1.57. The van der Waals surface area contributed by atoms with Crippen LogP contribution in [0.3, 0.4) is 0 Å². The minimum atomic E-state index is -0.147. The van der Waals surface area contributed by atoms with Crippen LogP contribution in [0.5, 0.6) is 0 Å². The van der Waals surface area contributed by atoms with Gasteiger partial charge in [-0.3, -0.25) is 0 Å². The molecule has 3 nitrogen and oxygen atoms in total. The molecule has 0 saturated carbocycles. The van der Waals surface area contributed by atoms with Crippen LogP contribution in [0.25, 0.3) is 0 Å². The first kappa shape index (κ1) is 13.9. The monoisotopic (exact) mass is 285 g/mol. The molecule has 1 fully saturated rings. The van der Waals surface area contributed by atoms with Crippen molar-refractivity contribution in [1.29, 1.82) is 0 Å². The highest BCUT2D eigenvalue weighted by Crippen LogP contribution is 2.21. The summed E-state index contributed by atoms with van der Waals surface area (Å²) < 4.78 is 13.6. The molecule has 1 saturated heterocycles. The van der Waals surface area contributed by atoms with E-state index >= 15 is 0 Å². The molecular weight excluding hydrogens is 265 g/mol. The number of aryl methyl sites for hydroxylation is 1. The van der Waals surface area contributed by atoms with Crippen LogP contribution in [-0.4, -0.2) is 24.1 Å². The van der Waals surface area contributed by atoms with Crippen LogP contribution < -0.4 is 10.2 Å². The molecule has 2 heterocycles. The van der Waals surface area contributed by atoms with E-state index in [4.69, 9.17) is 0 Å². The SMILES string of the molecule is Cc1ccc(NC2CCN(c3ccccn3)CC2)cc1F. The van der Waals surface area contributed by atoms with Crippen molar-refractivity contribution < 1.29 is 4.39 Å². The largest absolute Gasteiger partial charge is 0.382 e. The van der Waals surface area contributed by atoms with Crippen LogP contribution >= 0.6 is 0 Å². The highest BCUT2D eigenvalue weighted by atomic mass is 19.1. The number of anilines is 2. The summed E-state index contributed by atoms with van der Waals surface area (Å²) in [7, 11) is 0. The van der Waals surface area contributed by atoms with Gasteiger partial charge in [0.25, 0.3) is 0 Å². The number of benzene rings is 1. The molecule has 4 heteroatoms. The molecule has 110 valence electrons. The van der Waals surface area contributed by atoms with E-state index in [1.807, 2.05) is 36.5 Å². The molecule has 0 amide bonds. The highest BCUT2D eigenvalue weighted by Gasteiger charge is 2.19. The van der Waals surface area contributed by atoms with Gasteiger partial charge in [0.15, 0.2) is 0 Å². The van der Waals surface area contributed by atoms with Crippen molar-refractivity contribution in [3.8, 4) is 0 Å². The summed E-state index contributed by atoms with van der Waals surface area (Å²) in [5.41, 5.74) is 1.56. The Morgan fingerprint density at radius 2 is 2.00 bits per heavy atom. The summed E-state index contributed by atoms with van der Waals surface area (Å²) >= 11 is 0. The summed E-state index contributed by atoms with van der Waals surface area (Å²) in [6.07, 6.45) is 3.90. The molecule has 0 aliphatic carbocycles. The van der Waals surface area contributed by atoms with Crippen LogP contribution in [-0.2, 0) is 0 Å². The highest BCUT2D eigenvalue weighted by molar-refractivity contribution is 5.46. The van der Waals surface area contributed by atoms with Gasteiger partial charge in [0.05, 0.1) is 0 Å². The van der Waals surface area contributed by atoms with E-state index in [1.54, 1.807) is 13.0 Å². The molecule has 0 radical (unpaired) electrons. The van der Waals surface area contributed by atoms with Gasteiger partial charge in [0.2, 0.25) is 0 Å². The molecule has 3 rings (SSSR count). The van der Waals surface area contributed by atoms with Crippen molar-refractivity contribution in [3.63, 3.8) is 0 Å². The molecule has 0 bridgehead atoms. The normalized spacial score (nSPS) is 16.0. The van der Waals surface area contributed by atoms with Gasteiger partial charge in [-0.05, 0) is 49.6 Å². The fourth-order valence-corrected chi connectivity index (χ4v) is 2.71. The quantitative estimate of drug-likeness (QED) is 0.933. The fourth-order valence-electron chi connectivity index (χ4n) is 2.71. The number of halogens is 1. The summed E-state index contributed by atoms with van der Waals surface area (Å²) in [5.74, 6) is 0.892. The van der Waals surface area contributed by atoms with Crippen molar-refractivity contribution in [2.75, 3.05) is 23.3 Å². The van der Waals surface area contributed by atoms with Gasteiger partial charge in [-0.15, -0.1) is 0 Å². The second kappa shape index (κ2) is 6.12. The Bertz CT molecular complexity index is 592. The third-order valence-corrected chi connectivity index (χ3v) is 4.01. The van der Waals surface area contributed by atoms with Gasteiger partial charge in [-0.25, -0.2) is 9.37 Å². The zero-order chi connectivity index (χ0) is 14.7. The summed E-state index contributed by atoms with van der Waals surface area (Å²) in [4.78, 5) is 6.69. The lowest BCUT2D eigenvalue weighted by atomic mass is 10.0. The summed E-state index contributed by atoms with van der Waals surface area (Å²) in [6, 6.07) is 11.7. The average Bonchev–Trinajstić information content (AvgIpc) is 2.53. The Kier molecular flexibility index (Phi) is 4.04. The van der Waals surface area contributed by atoms with Crippen molar-refractivity contribution in [1.82, 2.24) is 4.98 Å². The molecule has 2 aromatic rings. The van der Waals surface area contributed by atoms with Gasteiger partial charge in [-0.2, -0.15) is 0 Å². The summed E-state index contributed by atoms with van der Waals surface area (Å²) in [5, 5.41) is 3.43. The minimum Gasteiger partial charge on any atom is -0.382 e. The number of hydrogen-bond donors (Lipinski definition) is 1. The maximum absolute atomic E-state index is 13.6. The number of rotatable bonds is 3. The topological polar surface area (TPSA) is 28.2 Å². The minimum absolute atomic E-state index is 0.147. The second-order valence-electron chi connectivity index (χ2n) is 5.56. The van der Waals surface area contributed by atoms with Crippen molar-refractivity contribution in [2.45, 2.75) is 25.8 Å². The van der Waals surface area contributed by atoms with Gasteiger partial charge < -0.3 is 10.2 Å². The number of nitrogens with one attached hydrogen (secondary N) is 1. The van der Waals surface area contributed by atoms with Gasteiger partial charge in [0, 0.05) is 31.0 Å². The Morgan fingerprint density at radius 3 is 2.67 bits per heavy atom. The standard InChI is InChI=1S/C17H20FN3/c1-13-5-6-15(12-16(13)18)20-14-7-10-21(11-8-14)17-4-2-3-9-19-17/h2-6,9,12,14,20H,7-8,10-11H2,1H3. The smallest absolute Gasteiger partial charge is 0.128 e. The first-order chi connectivity index (χ1) is 10.2. The number of hydrogen-bond acceptors (Lipinski definition) is 3. The van der Waals surface area contributed by atoms with Gasteiger partial charge in [0.1, 0.15) is 11.6 Å². The van der Waals surface area contributed by atoms with Crippen LogP contribution in [0.2, 0.25) is 0 Å². The first-order valence-corrected chi connectivity index (χ1v) is 7.41. The maximum atomic E-state index is 13.6. The molecule has 1 aromatic carbocycles.